The number of Topliss-reactive ketones (excluding diaryl/α,β-unsaturated/α-hetero) is 1. The zero-order valence-corrected chi connectivity index (χ0v) is 23.7. The van der Waals surface area contributed by atoms with Gasteiger partial charge in [0.1, 0.15) is 24.5 Å². The molecule has 0 amide bonds. The van der Waals surface area contributed by atoms with E-state index in [9.17, 15) is 28.5 Å². The van der Waals surface area contributed by atoms with Crippen molar-refractivity contribution in [1.82, 2.24) is 14.6 Å². The summed E-state index contributed by atoms with van der Waals surface area (Å²) in [6, 6.07) is -0.00496. The Morgan fingerprint density at radius 2 is 2.03 bits per heavy atom. The maximum atomic E-state index is 16.0. The number of hydrogen-bond donors (Lipinski definition) is 2. The first kappa shape index (κ1) is 31.1. The van der Waals surface area contributed by atoms with Crippen LogP contribution >= 0.6 is 30.8 Å². The van der Waals surface area contributed by atoms with Crippen LogP contribution in [0.2, 0.25) is 0 Å². The van der Waals surface area contributed by atoms with Crippen molar-refractivity contribution in [2.24, 2.45) is 0 Å². The zero-order valence-electron chi connectivity index (χ0n) is 20.6. The van der Waals surface area contributed by atoms with Gasteiger partial charge in [0.05, 0.1) is 6.42 Å². The van der Waals surface area contributed by atoms with Crippen molar-refractivity contribution >= 4 is 48.5 Å². The minimum absolute atomic E-state index is 0.126. The molecule has 13 nitrogen and oxygen atoms in total. The lowest BCUT2D eigenvalue weighted by molar-refractivity contribution is -0.158. The van der Waals surface area contributed by atoms with Crippen molar-refractivity contribution in [2.75, 3.05) is 6.61 Å². The molecule has 206 valence electrons. The Balaban J connectivity index is 2.17. The molecule has 1 aromatic rings. The van der Waals surface area contributed by atoms with Crippen LogP contribution in [0.15, 0.2) is 21.9 Å². The third kappa shape index (κ3) is 8.74. The van der Waals surface area contributed by atoms with E-state index >= 15 is 4.39 Å². The van der Waals surface area contributed by atoms with E-state index in [0.717, 1.165) is 23.8 Å². The van der Waals surface area contributed by atoms with Gasteiger partial charge < -0.3 is 19.0 Å². The Hall–Kier alpha value is -2.07. The summed E-state index contributed by atoms with van der Waals surface area (Å²) in [5.74, 6) is -1.82. The molecule has 0 radical (unpaired) electrons. The van der Waals surface area contributed by atoms with Gasteiger partial charge in [0.2, 0.25) is 0 Å². The third-order valence-electron chi connectivity index (χ3n) is 5.30. The molecule has 0 aromatic carbocycles. The maximum absolute atomic E-state index is 16.0. The Labute approximate surface area is 225 Å². The van der Waals surface area contributed by atoms with E-state index in [1.165, 1.54) is 13.8 Å². The fourth-order valence-corrected chi connectivity index (χ4v) is 4.35. The van der Waals surface area contributed by atoms with Crippen molar-refractivity contribution in [3.05, 3.63) is 33.1 Å². The number of esters is 2. The topological polar surface area (TPSA) is 172 Å². The number of H-pyrrole nitrogens is 1. The first-order chi connectivity index (χ1) is 17.3. The molecule has 2 heterocycles. The Morgan fingerprint density at radius 3 is 2.62 bits per heavy atom. The number of aromatic nitrogens is 2. The highest BCUT2D eigenvalue weighted by atomic mass is 127. The van der Waals surface area contributed by atoms with Crippen molar-refractivity contribution in [2.45, 2.75) is 81.2 Å². The summed E-state index contributed by atoms with van der Waals surface area (Å²) in [6.07, 6.45) is -3.47. The molecular formula is C21H29FIN3O10P+. The smallest absolute Gasteiger partial charge is 0.456 e. The number of nitrogens with zero attached hydrogens (tertiary/aromatic N) is 1. The molecule has 1 saturated heterocycles. The summed E-state index contributed by atoms with van der Waals surface area (Å²) in [7, 11) is -2.67. The minimum atomic E-state index is -2.67. The molecule has 1 fully saturated rings. The van der Waals surface area contributed by atoms with Gasteiger partial charge in [-0.1, -0.05) is 12.0 Å². The van der Waals surface area contributed by atoms with E-state index in [4.69, 9.17) is 18.7 Å². The van der Waals surface area contributed by atoms with E-state index in [0.29, 0.717) is 6.42 Å². The predicted molar refractivity (Wildman–Crippen MR) is 135 cm³/mol. The van der Waals surface area contributed by atoms with E-state index in [-0.39, 0.29) is 22.7 Å². The molecule has 7 atom stereocenters. The van der Waals surface area contributed by atoms with Crippen LogP contribution in [0.3, 0.4) is 0 Å². The molecule has 1 aliphatic rings. The van der Waals surface area contributed by atoms with Gasteiger partial charge in [-0.25, -0.2) is 9.18 Å². The average Bonchev–Trinajstić information content (AvgIpc) is 3.05. The van der Waals surface area contributed by atoms with Gasteiger partial charge >= 0.3 is 25.8 Å². The molecule has 0 bridgehead atoms. The molecule has 0 spiro atoms. The van der Waals surface area contributed by atoms with Crippen molar-refractivity contribution in [3.8, 4) is 0 Å². The van der Waals surface area contributed by atoms with E-state index in [1.807, 2.05) is 34.5 Å². The molecule has 1 aromatic heterocycles. The number of hydrogen-bond acceptors (Lipinski definition) is 10. The first-order valence-corrected chi connectivity index (χ1v) is 13.7. The number of aromatic amines is 1. The molecule has 0 aliphatic carbocycles. The quantitative estimate of drug-likeness (QED) is 0.137. The van der Waals surface area contributed by atoms with E-state index < -0.39 is 68.1 Å². The summed E-state index contributed by atoms with van der Waals surface area (Å²) in [4.78, 5) is 61.2. The van der Waals surface area contributed by atoms with Crippen LogP contribution in [0.25, 0.3) is 0 Å². The highest BCUT2D eigenvalue weighted by Crippen LogP contribution is 2.43. The average molecular weight is 660 g/mol. The maximum Gasteiger partial charge on any atom is 0.613 e. The Kier molecular flexibility index (Phi) is 11.5. The summed E-state index contributed by atoms with van der Waals surface area (Å²) in [5, 5.41) is 2.42. The predicted octanol–water partition coefficient (Wildman–Crippen LogP) is 1.81. The van der Waals surface area contributed by atoms with Gasteiger partial charge in [-0.3, -0.25) is 23.9 Å². The van der Waals surface area contributed by atoms with Gasteiger partial charge in [0.25, 0.3) is 5.56 Å². The Morgan fingerprint density at radius 1 is 1.35 bits per heavy atom. The number of carbonyl (C=O) groups is 3. The lowest BCUT2D eigenvalue weighted by atomic mass is 9.98. The highest BCUT2D eigenvalue weighted by Gasteiger charge is 2.59. The van der Waals surface area contributed by atoms with Gasteiger partial charge in [-0.2, -0.15) is 0 Å². The highest BCUT2D eigenvalue weighted by molar-refractivity contribution is 14.1. The minimum Gasteiger partial charge on any atom is -0.456 e. The fourth-order valence-electron chi connectivity index (χ4n) is 3.32. The van der Waals surface area contributed by atoms with Crippen LogP contribution < -0.4 is 16.3 Å². The van der Waals surface area contributed by atoms with Crippen LogP contribution in [0.4, 0.5) is 4.39 Å². The molecule has 0 saturated carbocycles. The molecule has 37 heavy (non-hydrogen) atoms. The largest absolute Gasteiger partial charge is 0.613 e. The van der Waals surface area contributed by atoms with Crippen molar-refractivity contribution < 1.29 is 42.1 Å². The van der Waals surface area contributed by atoms with E-state index in [1.54, 1.807) is 0 Å². The molecule has 2 N–H and O–H groups in total. The molecule has 1 aliphatic heterocycles. The number of nitrogens with one attached hydrogen (secondary N) is 2. The lowest BCUT2D eigenvalue weighted by Gasteiger charge is -2.27. The summed E-state index contributed by atoms with van der Waals surface area (Å²) >= 11 is 1.93. The zero-order chi connectivity index (χ0) is 27.9. The molecule has 2 unspecified atom stereocenters. The molecule has 2 rings (SSSR count). The molecule has 16 heteroatoms. The van der Waals surface area contributed by atoms with Crippen LogP contribution in [0.5, 0.6) is 0 Å². The Bertz CT molecular complexity index is 1130. The number of rotatable bonds is 13. The SMILES string of the molecule is CCC(I)OC(=O)[C@H](C)N[P+](=O)OC[C@H]1O[C@@H](n2ccc(=O)[nH]c2=O)[C@](C)(F)[C@@H]1OC(=O)CCC(C)=O. The second kappa shape index (κ2) is 13.6. The van der Waals surface area contributed by atoms with E-state index in [2.05, 4.69) is 5.09 Å². The standard InChI is InChI=1S/C21H28FIN3O10P/c1-5-14(23)35-18(30)12(3)25-37(32)33-10-13-17(36-16(29)7-6-11(2)27)21(4,22)19(34-13)26-9-8-15(28)24-20(26)31/h8-9,12-14,17,19H,5-7,10H2,1-4H3,(H-,24,25,28,31,32)/p+1/t12-,13+,14?,17+,19+,21+/m0/s1. The number of ether oxygens (including phenoxy) is 3. The van der Waals surface area contributed by atoms with Gasteiger partial charge in [-0.15, -0.1) is 4.52 Å². The van der Waals surface area contributed by atoms with Gasteiger partial charge in [-0.05, 0) is 54.3 Å². The van der Waals surface area contributed by atoms with Crippen LogP contribution in [0, 0.1) is 0 Å². The summed E-state index contributed by atoms with van der Waals surface area (Å²) in [6.45, 7) is 4.99. The monoisotopic (exact) mass is 660 g/mol. The lowest BCUT2D eigenvalue weighted by Crippen LogP contribution is -2.46. The van der Waals surface area contributed by atoms with Crippen LogP contribution in [-0.4, -0.2) is 61.9 Å². The second-order valence-electron chi connectivity index (χ2n) is 8.47. The number of ketones is 1. The van der Waals surface area contributed by atoms with Gasteiger partial charge in [0, 0.05) is 18.7 Å². The van der Waals surface area contributed by atoms with Crippen molar-refractivity contribution in [1.29, 1.82) is 0 Å². The van der Waals surface area contributed by atoms with Crippen molar-refractivity contribution in [3.63, 3.8) is 0 Å². The third-order valence-corrected chi connectivity index (χ3v) is 7.41. The number of halogens is 2. The second-order valence-corrected chi connectivity index (χ2v) is 10.9. The number of carbonyl (C=O) groups excluding carboxylic acids is 3. The molecular weight excluding hydrogens is 631 g/mol. The normalized spacial score (nSPS) is 25.2. The van der Waals surface area contributed by atoms with Gasteiger partial charge in [0.15, 0.2) is 22.1 Å². The fraction of sp³-hybridized carbons (Fsp3) is 0.667. The summed E-state index contributed by atoms with van der Waals surface area (Å²) in [5.41, 5.74) is -4.19. The van der Waals surface area contributed by atoms with Crippen LogP contribution in [-0.2, 0) is 37.7 Å². The first-order valence-electron chi connectivity index (χ1n) is 11.3. The summed E-state index contributed by atoms with van der Waals surface area (Å²) < 4.78 is 50.1. The number of alkyl halides is 2. The van der Waals surface area contributed by atoms with Crippen LogP contribution in [0.1, 0.15) is 53.2 Å².